The van der Waals surface area contributed by atoms with Crippen molar-refractivity contribution in [1.82, 2.24) is 9.38 Å². The SMILES string of the molecule is NC(=O)c1nc(Br)c2ccccn12. The van der Waals surface area contributed by atoms with Crippen LogP contribution in [0, 0.1) is 0 Å². The van der Waals surface area contributed by atoms with Gasteiger partial charge in [0.2, 0.25) is 5.82 Å². The lowest BCUT2D eigenvalue weighted by molar-refractivity contribution is 0.0990. The van der Waals surface area contributed by atoms with Crippen molar-refractivity contribution >= 4 is 27.4 Å². The third-order valence-electron chi connectivity index (χ3n) is 1.72. The van der Waals surface area contributed by atoms with Crippen LogP contribution in [0.1, 0.15) is 10.6 Å². The highest BCUT2D eigenvalue weighted by Crippen LogP contribution is 2.17. The van der Waals surface area contributed by atoms with E-state index >= 15 is 0 Å². The average Bonchev–Trinajstić information content (AvgIpc) is 2.45. The molecule has 0 spiro atoms. The van der Waals surface area contributed by atoms with Gasteiger partial charge in [-0.25, -0.2) is 4.98 Å². The maximum absolute atomic E-state index is 10.9. The van der Waals surface area contributed by atoms with Crippen LogP contribution in [-0.4, -0.2) is 15.3 Å². The van der Waals surface area contributed by atoms with Gasteiger partial charge in [-0.3, -0.25) is 9.20 Å². The summed E-state index contributed by atoms with van der Waals surface area (Å²) in [4.78, 5) is 14.9. The standard InChI is InChI=1S/C8H6BrN3O/c9-6-5-3-1-2-4-12(5)8(11-6)7(10)13/h1-4H,(H2,10,13). The summed E-state index contributed by atoms with van der Waals surface area (Å²) in [6.45, 7) is 0. The van der Waals surface area contributed by atoms with E-state index in [1.165, 1.54) is 0 Å². The summed E-state index contributed by atoms with van der Waals surface area (Å²) in [6.07, 6.45) is 1.74. The van der Waals surface area contributed by atoms with Gasteiger partial charge in [0.25, 0.3) is 5.91 Å². The van der Waals surface area contributed by atoms with Crippen LogP contribution in [0.25, 0.3) is 5.52 Å². The van der Waals surface area contributed by atoms with Gasteiger partial charge in [-0.05, 0) is 28.1 Å². The Hall–Kier alpha value is -1.36. The van der Waals surface area contributed by atoms with Gasteiger partial charge in [0.1, 0.15) is 4.60 Å². The number of pyridine rings is 1. The van der Waals surface area contributed by atoms with E-state index in [9.17, 15) is 4.79 Å². The van der Waals surface area contributed by atoms with E-state index < -0.39 is 5.91 Å². The Morgan fingerprint density at radius 1 is 1.54 bits per heavy atom. The highest BCUT2D eigenvalue weighted by Gasteiger charge is 2.11. The molecule has 66 valence electrons. The van der Waals surface area contributed by atoms with Crippen molar-refractivity contribution in [3.05, 3.63) is 34.8 Å². The monoisotopic (exact) mass is 239 g/mol. The molecule has 0 aliphatic heterocycles. The molecule has 0 radical (unpaired) electrons. The highest BCUT2D eigenvalue weighted by molar-refractivity contribution is 9.10. The molecule has 5 heteroatoms. The second-order valence-corrected chi connectivity index (χ2v) is 3.30. The van der Waals surface area contributed by atoms with Gasteiger partial charge in [0, 0.05) is 6.20 Å². The number of amides is 1. The van der Waals surface area contributed by atoms with Gasteiger partial charge in [0.15, 0.2) is 0 Å². The first-order valence-corrected chi connectivity index (χ1v) is 4.42. The molecule has 2 rings (SSSR count). The van der Waals surface area contributed by atoms with Crippen LogP contribution < -0.4 is 5.73 Å². The van der Waals surface area contributed by atoms with Gasteiger partial charge < -0.3 is 5.73 Å². The number of carbonyl (C=O) groups excluding carboxylic acids is 1. The van der Waals surface area contributed by atoms with Gasteiger partial charge >= 0.3 is 0 Å². The van der Waals surface area contributed by atoms with Crippen molar-refractivity contribution in [2.24, 2.45) is 5.73 Å². The highest BCUT2D eigenvalue weighted by atomic mass is 79.9. The fourth-order valence-corrected chi connectivity index (χ4v) is 1.67. The fourth-order valence-electron chi connectivity index (χ4n) is 1.17. The molecule has 0 unspecified atom stereocenters. The Labute approximate surface area is 82.5 Å². The van der Waals surface area contributed by atoms with Gasteiger partial charge in [-0.15, -0.1) is 0 Å². The van der Waals surface area contributed by atoms with Crippen LogP contribution in [0.15, 0.2) is 29.0 Å². The molecule has 2 N–H and O–H groups in total. The zero-order valence-electron chi connectivity index (χ0n) is 6.57. The van der Waals surface area contributed by atoms with Gasteiger partial charge in [-0.2, -0.15) is 0 Å². The van der Waals surface area contributed by atoms with Crippen LogP contribution in [0.2, 0.25) is 0 Å². The summed E-state index contributed by atoms with van der Waals surface area (Å²) in [6, 6.07) is 5.53. The zero-order chi connectivity index (χ0) is 9.42. The molecule has 2 aromatic rings. The maximum atomic E-state index is 10.9. The van der Waals surface area contributed by atoms with Crippen molar-refractivity contribution in [3.63, 3.8) is 0 Å². The number of imidazole rings is 1. The topological polar surface area (TPSA) is 60.4 Å². The summed E-state index contributed by atoms with van der Waals surface area (Å²) in [7, 11) is 0. The Bertz CT molecular complexity index is 477. The second kappa shape index (κ2) is 2.85. The number of primary amides is 1. The summed E-state index contributed by atoms with van der Waals surface area (Å²) < 4.78 is 2.27. The smallest absolute Gasteiger partial charge is 0.285 e. The van der Waals surface area contributed by atoms with Crippen LogP contribution in [0.3, 0.4) is 0 Å². The lowest BCUT2D eigenvalue weighted by Crippen LogP contribution is -2.14. The molecule has 0 aliphatic rings. The molecule has 0 bridgehead atoms. The predicted octanol–water partition coefficient (Wildman–Crippen LogP) is 1.20. The molecular formula is C8H6BrN3O. The number of aromatic nitrogens is 2. The quantitative estimate of drug-likeness (QED) is 0.813. The van der Waals surface area contributed by atoms with Gasteiger partial charge in [-0.1, -0.05) is 6.07 Å². The summed E-state index contributed by atoms with van der Waals surface area (Å²) in [5.74, 6) is -0.297. The third-order valence-corrected chi connectivity index (χ3v) is 2.31. The second-order valence-electron chi connectivity index (χ2n) is 2.55. The van der Waals surface area contributed by atoms with Crippen LogP contribution in [-0.2, 0) is 0 Å². The largest absolute Gasteiger partial charge is 0.363 e. The number of nitrogens with zero attached hydrogens (tertiary/aromatic N) is 2. The molecule has 0 fully saturated rings. The van der Waals surface area contributed by atoms with Crippen molar-refractivity contribution in [3.8, 4) is 0 Å². The van der Waals surface area contributed by atoms with Crippen LogP contribution in [0.5, 0.6) is 0 Å². The van der Waals surface area contributed by atoms with Crippen LogP contribution >= 0.6 is 15.9 Å². The Kier molecular flexibility index (Phi) is 1.81. The van der Waals surface area contributed by atoms with E-state index in [1.54, 1.807) is 10.6 Å². The van der Waals surface area contributed by atoms with E-state index in [0.29, 0.717) is 4.60 Å². The third kappa shape index (κ3) is 1.21. The fraction of sp³-hybridized carbons (Fsp3) is 0. The number of carbonyl (C=O) groups is 1. The van der Waals surface area contributed by atoms with Crippen molar-refractivity contribution < 1.29 is 4.79 Å². The first kappa shape index (κ1) is 8.25. The molecule has 2 aromatic heterocycles. The number of nitrogens with two attached hydrogens (primary N) is 1. The molecule has 0 aliphatic carbocycles. The van der Waals surface area contributed by atoms with E-state index in [2.05, 4.69) is 20.9 Å². The number of fused-ring (bicyclic) bond motifs is 1. The minimum Gasteiger partial charge on any atom is -0.363 e. The van der Waals surface area contributed by atoms with E-state index in [1.807, 2.05) is 18.2 Å². The van der Waals surface area contributed by atoms with Crippen molar-refractivity contribution in [2.75, 3.05) is 0 Å². The number of halogens is 1. The Morgan fingerprint density at radius 2 is 2.31 bits per heavy atom. The summed E-state index contributed by atoms with van der Waals surface area (Å²) >= 11 is 3.25. The van der Waals surface area contributed by atoms with Crippen molar-refractivity contribution in [2.45, 2.75) is 0 Å². The van der Waals surface area contributed by atoms with E-state index in [0.717, 1.165) is 5.52 Å². The number of rotatable bonds is 1. The van der Waals surface area contributed by atoms with Crippen molar-refractivity contribution in [1.29, 1.82) is 0 Å². The molecule has 0 atom stereocenters. The Balaban J connectivity index is 2.85. The molecule has 4 nitrogen and oxygen atoms in total. The predicted molar refractivity (Wildman–Crippen MR) is 51.4 cm³/mol. The number of hydrogen-bond donors (Lipinski definition) is 1. The molecule has 0 aromatic carbocycles. The van der Waals surface area contributed by atoms with Gasteiger partial charge in [0.05, 0.1) is 5.52 Å². The minimum absolute atomic E-state index is 0.238. The number of hydrogen-bond acceptors (Lipinski definition) is 2. The molecule has 1 amide bonds. The summed E-state index contributed by atoms with van der Waals surface area (Å²) in [5.41, 5.74) is 5.98. The molecule has 0 saturated heterocycles. The normalized spacial score (nSPS) is 10.5. The first-order valence-electron chi connectivity index (χ1n) is 3.62. The zero-order valence-corrected chi connectivity index (χ0v) is 8.15. The molecular weight excluding hydrogens is 234 g/mol. The Morgan fingerprint density at radius 3 is 3.00 bits per heavy atom. The summed E-state index contributed by atoms with van der Waals surface area (Å²) in [5, 5.41) is 0. The molecule has 2 heterocycles. The maximum Gasteiger partial charge on any atom is 0.285 e. The molecule has 13 heavy (non-hydrogen) atoms. The van der Waals surface area contributed by atoms with Crippen LogP contribution in [0.4, 0.5) is 0 Å². The van der Waals surface area contributed by atoms with E-state index in [-0.39, 0.29) is 5.82 Å². The lowest BCUT2D eigenvalue weighted by atomic mass is 10.4. The minimum atomic E-state index is -0.535. The first-order chi connectivity index (χ1) is 6.20. The lowest BCUT2D eigenvalue weighted by Gasteiger charge is -1.94. The average molecular weight is 240 g/mol. The van der Waals surface area contributed by atoms with E-state index in [4.69, 9.17) is 5.73 Å². The molecule has 0 saturated carbocycles.